The Morgan fingerprint density at radius 1 is 1.09 bits per heavy atom. The van der Waals surface area contributed by atoms with Crippen LogP contribution in [0, 0.1) is 11.8 Å². The molecule has 1 aliphatic rings. The van der Waals surface area contributed by atoms with E-state index in [0.717, 1.165) is 11.1 Å². The number of aliphatic carboxylic acids is 1. The van der Waals surface area contributed by atoms with Gasteiger partial charge in [0.2, 0.25) is 5.91 Å². The quantitative estimate of drug-likeness (QED) is 0.838. The molecule has 0 bridgehead atoms. The Kier molecular flexibility index (Phi) is 4.85. The molecule has 1 aromatic rings. The van der Waals surface area contributed by atoms with Crippen molar-refractivity contribution in [1.82, 2.24) is 0 Å². The van der Waals surface area contributed by atoms with Crippen LogP contribution in [0.25, 0.3) is 0 Å². The number of carboxylic acids is 1. The zero-order chi connectivity index (χ0) is 16.3. The maximum atomic E-state index is 12.5. The molecule has 0 spiro atoms. The normalized spacial score (nSPS) is 21.4. The van der Waals surface area contributed by atoms with Gasteiger partial charge < -0.3 is 15.2 Å². The summed E-state index contributed by atoms with van der Waals surface area (Å²) in [5.41, 5.74) is 2.81. The van der Waals surface area contributed by atoms with E-state index < -0.39 is 17.8 Å². The first kappa shape index (κ1) is 16.1. The third-order valence-corrected chi connectivity index (χ3v) is 4.28. The molecule has 2 rings (SSSR count). The maximum absolute atomic E-state index is 12.5. The van der Waals surface area contributed by atoms with Crippen LogP contribution in [-0.4, -0.2) is 24.1 Å². The topological polar surface area (TPSA) is 75.6 Å². The number of carbonyl (C=O) groups is 2. The minimum Gasteiger partial charge on any atom is -0.497 e. The van der Waals surface area contributed by atoms with Crippen LogP contribution in [0.1, 0.15) is 26.7 Å². The second-order valence-corrected chi connectivity index (χ2v) is 5.74. The summed E-state index contributed by atoms with van der Waals surface area (Å²) in [6, 6.07) is 6.98. The van der Waals surface area contributed by atoms with E-state index in [-0.39, 0.29) is 5.91 Å². The third-order valence-electron chi connectivity index (χ3n) is 4.28. The number of ether oxygens (including phenoxy) is 1. The maximum Gasteiger partial charge on any atom is 0.307 e. The van der Waals surface area contributed by atoms with E-state index in [0.29, 0.717) is 24.3 Å². The molecular weight excluding hydrogens is 282 g/mol. The van der Waals surface area contributed by atoms with E-state index in [1.165, 1.54) is 0 Å². The summed E-state index contributed by atoms with van der Waals surface area (Å²) >= 11 is 0. The Balaban J connectivity index is 2.14. The van der Waals surface area contributed by atoms with E-state index in [1.807, 2.05) is 13.8 Å². The van der Waals surface area contributed by atoms with E-state index in [1.54, 1.807) is 31.4 Å². The molecule has 0 aromatic heterocycles. The number of nitrogens with one attached hydrogen (secondary N) is 1. The van der Waals surface area contributed by atoms with Gasteiger partial charge in [0.05, 0.1) is 18.9 Å². The highest BCUT2D eigenvalue weighted by Gasteiger charge is 2.37. The van der Waals surface area contributed by atoms with Crippen molar-refractivity contribution in [2.75, 3.05) is 12.4 Å². The molecule has 0 radical (unpaired) electrons. The summed E-state index contributed by atoms with van der Waals surface area (Å²) < 4.78 is 5.07. The van der Waals surface area contributed by atoms with Gasteiger partial charge in [0.15, 0.2) is 0 Å². The average Bonchev–Trinajstić information content (AvgIpc) is 2.50. The number of rotatable bonds is 4. The molecule has 0 aliphatic heterocycles. The largest absolute Gasteiger partial charge is 0.497 e. The molecule has 1 amide bonds. The SMILES string of the molecule is COc1ccc(NC(=O)[C@@H]2CC(C)=C(C)C[C@H]2C(=O)O)cc1. The number of carbonyl (C=O) groups excluding carboxylic acids is 1. The summed E-state index contributed by atoms with van der Waals surface area (Å²) in [6.45, 7) is 3.89. The Labute approximate surface area is 130 Å². The highest BCUT2D eigenvalue weighted by Crippen LogP contribution is 2.35. The first-order chi connectivity index (χ1) is 10.4. The Morgan fingerprint density at radius 2 is 1.64 bits per heavy atom. The lowest BCUT2D eigenvalue weighted by Crippen LogP contribution is -2.36. The van der Waals surface area contributed by atoms with Gasteiger partial charge in [-0.25, -0.2) is 0 Å². The fourth-order valence-electron chi connectivity index (χ4n) is 2.74. The molecule has 0 unspecified atom stereocenters. The number of amides is 1. The van der Waals surface area contributed by atoms with Gasteiger partial charge >= 0.3 is 5.97 Å². The molecule has 0 saturated carbocycles. The standard InChI is InChI=1S/C17H21NO4/c1-10-8-14(15(17(20)21)9-11(10)2)16(19)18-12-4-6-13(22-3)7-5-12/h4-7,14-15H,8-9H2,1-3H3,(H,18,19)(H,20,21)/t14-,15-/m1/s1. The number of hydrogen-bond donors (Lipinski definition) is 2. The predicted octanol–water partition coefficient (Wildman–Crippen LogP) is 3.08. The molecule has 5 nitrogen and oxygen atoms in total. The predicted molar refractivity (Wildman–Crippen MR) is 83.8 cm³/mol. The molecule has 2 atom stereocenters. The molecule has 5 heteroatoms. The first-order valence-corrected chi connectivity index (χ1v) is 7.25. The van der Waals surface area contributed by atoms with Crippen molar-refractivity contribution in [2.24, 2.45) is 11.8 Å². The van der Waals surface area contributed by atoms with E-state index in [2.05, 4.69) is 5.32 Å². The Bertz CT molecular complexity index is 604. The van der Waals surface area contributed by atoms with Crippen molar-refractivity contribution in [2.45, 2.75) is 26.7 Å². The van der Waals surface area contributed by atoms with Gasteiger partial charge in [0.25, 0.3) is 0 Å². The van der Waals surface area contributed by atoms with Gasteiger partial charge in [0.1, 0.15) is 5.75 Å². The highest BCUT2D eigenvalue weighted by atomic mass is 16.5. The molecule has 0 saturated heterocycles. The first-order valence-electron chi connectivity index (χ1n) is 7.25. The van der Waals surface area contributed by atoms with Crippen LogP contribution in [0.3, 0.4) is 0 Å². The number of allylic oxidation sites excluding steroid dienone is 2. The van der Waals surface area contributed by atoms with Crippen LogP contribution in [0.5, 0.6) is 5.75 Å². The van der Waals surface area contributed by atoms with Gasteiger partial charge in [-0.2, -0.15) is 0 Å². The van der Waals surface area contributed by atoms with Gasteiger partial charge in [-0.1, -0.05) is 11.1 Å². The molecular formula is C17H21NO4. The van der Waals surface area contributed by atoms with Crippen molar-refractivity contribution in [1.29, 1.82) is 0 Å². The van der Waals surface area contributed by atoms with Crippen LogP contribution >= 0.6 is 0 Å². The number of carboxylic acid groups (broad SMARTS) is 1. The fourth-order valence-corrected chi connectivity index (χ4v) is 2.74. The second-order valence-electron chi connectivity index (χ2n) is 5.74. The van der Waals surface area contributed by atoms with Crippen LogP contribution < -0.4 is 10.1 Å². The van der Waals surface area contributed by atoms with Crippen molar-refractivity contribution in [3.05, 3.63) is 35.4 Å². The molecule has 0 fully saturated rings. The van der Waals surface area contributed by atoms with Crippen molar-refractivity contribution >= 4 is 17.6 Å². The number of hydrogen-bond acceptors (Lipinski definition) is 3. The van der Waals surface area contributed by atoms with Gasteiger partial charge in [-0.3, -0.25) is 9.59 Å². The molecule has 1 aliphatic carbocycles. The lowest BCUT2D eigenvalue weighted by molar-refractivity contribution is -0.146. The van der Waals surface area contributed by atoms with Crippen molar-refractivity contribution in [3.8, 4) is 5.75 Å². The monoisotopic (exact) mass is 303 g/mol. The molecule has 22 heavy (non-hydrogen) atoms. The third kappa shape index (κ3) is 3.47. The molecule has 118 valence electrons. The van der Waals surface area contributed by atoms with E-state index >= 15 is 0 Å². The Morgan fingerprint density at radius 3 is 2.14 bits per heavy atom. The van der Waals surface area contributed by atoms with Crippen molar-refractivity contribution in [3.63, 3.8) is 0 Å². The molecule has 1 aromatic carbocycles. The summed E-state index contributed by atoms with van der Waals surface area (Å²) in [6.07, 6.45) is 0.923. The lowest BCUT2D eigenvalue weighted by atomic mass is 9.76. The summed E-state index contributed by atoms with van der Waals surface area (Å²) in [5.74, 6) is -1.66. The minimum atomic E-state index is -0.915. The molecule has 2 N–H and O–H groups in total. The Hall–Kier alpha value is -2.30. The van der Waals surface area contributed by atoms with Gasteiger partial charge in [-0.05, 0) is 51.0 Å². The van der Waals surface area contributed by atoms with Gasteiger partial charge in [0, 0.05) is 5.69 Å². The second kappa shape index (κ2) is 6.64. The fraction of sp³-hybridized carbons (Fsp3) is 0.412. The van der Waals surface area contributed by atoms with Crippen LogP contribution in [0.15, 0.2) is 35.4 Å². The molecule has 0 heterocycles. The smallest absolute Gasteiger partial charge is 0.307 e. The summed E-state index contributed by atoms with van der Waals surface area (Å²) in [4.78, 5) is 23.9. The van der Waals surface area contributed by atoms with Crippen LogP contribution in [-0.2, 0) is 9.59 Å². The summed E-state index contributed by atoms with van der Waals surface area (Å²) in [7, 11) is 1.57. The van der Waals surface area contributed by atoms with Crippen molar-refractivity contribution < 1.29 is 19.4 Å². The van der Waals surface area contributed by atoms with Crippen LogP contribution in [0.4, 0.5) is 5.69 Å². The van der Waals surface area contributed by atoms with E-state index in [4.69, 9.17) is 4.74 Å². The van der Waals surface area contributed by atoms with Crippen LogP contribution in [0.2, 0.25) is 0 Å². The minimum absolute atomic E-state index is 0.246. The zero-order valence-electron chi connectivity index (χ0n) is 13.1. The van der Waals surface area contributed by atoms with Gasteiger partial charge in [-0.15, -0.1) is 0 Å². The van der Waals surface area contributed by atoms with E-state index in [9.17, 15) is 14.7 Å². The number of methoxy groups -OCH3 is 1. The number of benzene rings is 1. The zero-order valence-corrected chi connectivity index (χ0v) is 13.1. The lowest BCUT2D eigenvalue weighted by Gasteiger charge is -2.29. The summed E-state index contributed by atoms with van der Waals surface area (Å²) in [5, 5.41) is 12.2. The number of anilines is 1. The highest BCUT2D eigenvalue weighted by molar-refractivity contribution is 5.95. The average molecular weight is 303 g/mol.